The minimum absolute atomic E-state index is 0.203. The number of ether oxygens (including phenoxy) is 1. The topological polar surface area (TPSA) is 45.9 Å². The molecular formula is C26H30N2O3. The first-order valence-electron chi connectivity index (χ1n) is 11.3. The first-order valence-corrected chi connectivity index (χ1v) is 11.3. The molecule has 162 valence electrons. The number of nitrogens with zero attached hydrogens (tertiary/aromatic N) is 2. The highest BCUT2D eigenvalue weighted by atomic mass is 16.5. The van der Waals surface area contributed by atoms with E-state index in [2.05, 4.69) is 29.2 Å². The third-order valence-electron chi connectivity index (χ3n) is 6.72. The SMILES string of the molecule is COc1ccc(CN2CCCN(C(=O)Cc3coc4cc5c(cc34)CCC5)CC2)cc1. The highest BCUT2D eigenvalue weighted by Crippen LogP contribution is 2.30. The van der Waals surface area contributed by atoms with Crippen LogP contribution < -0.4 is 4.74 Å². The van der Waals surface area contributed by atoms with Crippen molar-refractivity contribution in [1.29, 1.82) is 0 Å². The Bertz CT molecular complexity index is 1070. The Kier molecular flexibility index (Phi) is 5.68. The predicted octanol–water partition coefficient (Wildman–Crippen LogP) is 4.21. The highest BCUT2D eigenvalue weighted by Gasteiger charge is 2.22. The molecule has 0 bridgehead atoms. The Hall–Kier alpha value is -2.79. The fourth-order valence-electron chi connectivity index (χ4n) is 4.93. The van der Waals surface area contributed by atoms with E-state index in [1.165, 1.54) is 23.1 Å². The number of furan rings is 1. The first kappa shape index (κ1) is 20.1. The van der Waals surface area contributed by atoms with E-state index in [1.807, 2.05) is 17.0 Å². The van der Waals surface area contributed by atoms with Crippen molar-refractivity contribution < 1.29 is 13.9 Å². The van der Waals surface area contributed by atoms with Crippen LogP contribution in [0.4, 0.5) is 0 Å². The van der Waals surface area contributed by atoms with E-state index in [9.17, 15) is 4.79 Å². The summed E-state index contributed by atoms with van der Waals surface area (Å²) in [6.45, 7) is 4.42. The molecule has 5 rings (SSSR count). The zero-order valence-electron chi connectivity index (χ0n) is 18.2. The molecule has 2 aliphatic rings. The van der Waals surface area contributed by atoms with Crippen molar-refractivity contribution in [3.05, 3.63) is 64.9 Å². The quantitative estimate of drug-likeness (QED) is 0.623. The summed E-state index contributed by atoms with van der Waals surface area (Å²) in [5.74, 6) is 1.09. The van der Waals surface area contributed by atoms with Crippen LogP contribution in [0.15, 0.2) is 47.1 Å². The minimum Gasteiger partial charge on any atom is -0.497 e. The first-order chi connectivity index (χ1) is 15.2. The van der Waals surface area contributed by atoms with Gasteiger partial charge in [0, 0.05) is 43.7 Å². The van der Waals surface area contributed by atoms with Crippen LogP contribution in [-0.2, 0) is 30.6 Å². The molecule has 31 heavy (non-hydrogen) atoms. The van der Waals surface area contributed by atoms with Crippen LogP contribution in [0.5, 0.6) is 5.75 Å². The average molecular weight is 419 g/mol. The molecule has 1 aliphatic heterocycles. The maximum Gasteiger partial charge on any atom is 0.227 e. The molecule has 0 N–H and O–H groups in total. The van der Waals surface area contributed by atoms with E-state index < -0.39 is 0 Å². The Balaban J connectivity index is 1.21. The van der Waals surface area contributed by atoms with Crippen LogP contribution in [-0.4, -0.2) is 49.0 Å². The monoisotopic (exact) mass is 418 g/mol. The van der Waals surface area contributed by atoms with E-state index in [0.717, 1.165) is 74.3 Å². The third-order valence-corrected chi connectivity index (χ3v) is 6.72. The van der Waals surface area contributed by atoms with Gasteiger partial charge in [-0.2, -0.15) is 0 Å². The van der Waals surface area contributed by atoms with Crippen LogP contribution in [0.3, 0.4) is 0 Å². The van der Waals surface area contributed by atoms with Gasteiger partial charge in [0.15, 0.2) is 0 Å². The van der Waals surface area contributed by atoms with E-state index >= 15 is 0 Å². The third kappa shape index (κ3) is 4.33. The molecule has 2 heterocycles. The van der Waals surface area contributed by atoms with E-state index in [0.29, 0.717) is 6.42 Å². The number of benzene rings is 2. The summed E-state index contributed by atoms with van der Waals surface area (Å²) in [6.07, 6.45) is 6.70. The maximum absolute atomic E-state index is 13.1. The van der Waals surface area contributed by atoms with Gasteiger partial charge in [-0.05, 0) is 66.6 Å². The second-order valence-electron chi connectivity index (χ2n) is 8.77. The van der Waals surface area contributed by atoms with Gasteiger partial charge in [0.25, 0.3) is 0 Å². The van der Waals surface area contributed by atoms with Crippen molar-refractivity contribution in [3.63, 3.8) is 0 Å². The molecule has 1 amide bonds. The van der Waals surface area contributed by atoms with Crippen LogP contribution >= 0.6 is 0 Å². The van der Waals surface area contributed by atoms with Crippen molar-refractivity contribution >= 4 is 16.9 Å². The normalized spacial score (nSPS) is 17.0. The maximum atomic E-state index is 13.1. The van der Waals surface area contributed by atoms with Gasteiger partial charge in [0.05, 0.1) is 19.8 Å². The molecule has 1 aromatic heterocycles. The van der Waals surface area contributed by atoms with E-state index in [1.54, 1.807) is 13.4 Å². The molecule has 5 heteroatoms. The zero-order valence-corrected chi connectivity index (χ0v) is 18.2. The van der Waals surface area contributed by atoms with Gasteiger partial charge in [0.2, 0.25) is 5.91 Å². The molecule has 3 aromatic rings. The predicted molar refractivity (Wildman–Crippen MR) is 121 cm³/mol. The van der Waals surface area contributed by atoms with E-state index in [4.69, 9.17) is 9.15 Å². The lowest BCUT2D eigenvalue weighted by atomic mass is 10.0. The second-order valence-corrected chi connectivity index (χ2v) is 8.77. The molecule has 5 nitrogen and oxygen atoms in total. The molecular weight excluding hydrogens is 388 g/mol. The van der Waals surface area contributed by atoms with Gasteiger partial charge >= 0.3 is 0 Å². The number of carbonyl (C=O) groups is 1. The highest BCUT2D eigenvalue weighted by molar-refractivity contribution is 5.88. The lowest BCUT2D eigenvalue weighted by molar-refractivity contribution is -0.130. The van der Waals surface area contributed by atoms with Gasteiger partial charge in [-0.3, -0.25) is 9.69 Å². The van der Waals surface area contributed by atoms with Crippen LogP contribution in [0.25, 0.3) is 11.0 Å². The zero-order chi connectivity index (χ0) is 21.2. The molecule has 1 aliphatic carbocycles. The fraction of sp³-hybridized carbons (Fsp3) is 0.423. The summed E-state index contributed by atoms with van der Waals surface area (Å²) in [5, 5.41) is 1.12. The lowest BCUT2D eigenvalue weighted by Gasteiger charge is -2.22. The lowest BCUT2D eigenvalue weighted by Crippen LogP contribution is -2.36. The van der Waals surface area contributed by atoms with Crippen molar-refractivity contribution in [3.8, 4) is 5.75 Å². The van der Waals surface area contributed by atoms with Crippen molar-refractivity contribution in [1.82, 2.24) is 9.80 Å². The average Bonchev–Trinajstić information content (AvgIpc) is 3.33. The van der Waals surface area contributed by atoms with Crippen LogP contribution in [0, 0.1) is 0 Å². The number of rotatable bonds is 5. The molecule has 0 radical (unpaired) electrons. The van der Waals surface area contributed by atoms with Gasteiger partial charge in [-0.25, -0.2) is 0 Å². The standard InChI is InChI=1S/C26H30N2O3/c1-30-23-8-6-19(7-9-23)17-27-10-3-11-28(13-12-27)26(29)16-22-18-31-25-15-21-5-2-4-20(21)14-24(22)25/h6-9,14-15,18H,2-5,10-13,16-17H2,1H3. The Labute approximate surface area is 183 Å². The van der Waals surface area contributed by atoms with Crippen LogP contribution in [0.2, 0.25) is 0 Å². The second kappa shape index (κ2) is 8.75. The number of hydrogen-bond donors (Lipinski definition) is 0. The van der Waals surface area contributed by atoms with Gasteiger partial charge in [0.1, 0.15) is 11.3 Å². The van der Waals surface area contributed by atoms with Gasteiger partial charge < -0.3 is 14.1 Å². The summed E-state index contributed by atoms with van der Waals surface area (Å²) in [5.41, 5.74) is 6.05. The van der Waals surface area contributed by atoms with E-state index in [-0.39, 0.29) is 5.91 Å². The Morgan fingerprint density at radius 1 is 1.00 bits per heavy atom. The van der Waals surface area contributed by atoms with Crippen molar-refractivity contribution in [2.24, 2.45) is 0 Å². The van der Waals surface area contributed by atoms with Crippen molar-refractivity contribution in [2.75, 3.05) is 33.3 Å². The molecule has 2 aromatic carbocycles. The number of methoxy groups -OCH3 is 1. The Morgan fingerprint density at radius 3 is 2.61 bits per heavy atom. The molecule has 0 unspecified atom stereocenters. The number of carbonyl (C=O) groups excluding carboxylic acids is 1. The molecule has 1 saturated heterocycles. The van der Waals surface area contributed by atoms with Gasteiger partial charge in [-0.1, -0.05) is 12.1 Å². The summed E-state index contributed by atoms with van der Waals surface area (Å²) in [6, 6.07) is 12.7. The molecule has 0 saturated carbocycles. The fourth-order valence-corrected chi connectivity index (χ4v) is 4.93. The number of fused-ring (bicyclic) bond motifs is 2. The smallest absolute Gasteiger partial charge is 0.227 e. The number of amides is 1. The van der Waals surface area contributed by atoms with Crippen LogP contribution in [0.1, 0.15) is 35.1 Å². The Morgan fingerprint density at radius 2 is 1.81 bits per heavy atom. The summed E-state index contributed by atoms with van der Waals surface area (Å²) in [7, 11) is 1.69. The summed E-state index contributed by atoms with van der Waals surface area (Å²) in [4.78, 5) is 17.5. The van der Waals surface area contributed by atoms with Gasteiger partial charge in [-0.15, -0.1) is 0 Å². The molecule has 0 spiro atoms. The number of hydrogen-bond acceptors (Lipinski definition) is 4. The molecule has 1 fully saturated rings. The van der Waals surface area contributed by atoms with Crippen molar-refractivity contribution in [2.45, 2.75) is 38.6 Å². The summed E-state index contributed by atoms with van der Waals surface area (Å²) >= 11 is 0. The summed E-state index contributed by atoms with van der Waals surface area (Å²) < 4.78 is 11.0. The minimum atomic E-state index is 0.203. The number of aryl methyl sites for hydroxylation is 2. The molecule has 0 atom stereocenters. The largest absolute Gasteiger partial charge is 0.497 e.